The zero-order valence-corrected chi connectivity index (χ0v) is 10.9. The summed E-state index contributed by atoms with van der Waals surface area (Å²) < 4.78 is 8.13. The van der Waals surface area contributed by atoms with Crippen LogP contribution in [0.1, 0.15) is 11.3 Å². The Morgan fingerprint density at radius 3 is 2.75 bits per heavy atom. The van der Waals surface area contributed by atoms with Gasteiger partial charge in [0.15, 0.2) is 0 Å². The zero-order valence-electron chi connectivity index (χ0n) is 9.27. The number of nitrogens with zero attached hydrogens (tertiary/aromatic N) is 2. The number of rotatable bonds is 3. The van der Waals surface area contributed by atoms with Gasteiger partial charge in [-0.2, -0.15) is 5.10 Å². The van der Waals surface area contributed by atoms with Gasteiger partial charge in [-0.3, -0.25) is 4.68 Å². The van der Waals surface area contributed by atoms with Crippen molar-refractivity contribution < 1.29 is 4.74 Å². The molecule has 0 bridgehead atoms. The van der Waals surface area contributed by atoms with Crippen LogP contribution in [0.4, 0.5) is 0 Å². The van der Waals surface area contributed by atoms with E-state index in [0.29, 0.717) is 0 Å². The monoisotopic (exact) mass is 280 g/mol. The summed E-state index contributed by atoms with van der Waals surface area (Å²) in [5.74, 6) is 0.848. The second-order valence-electron chi connectivity index (χ2n) is 3.60. The Hall–Kier alpha value is -1.29. The lowest BCUT2D eigenvalue weighted by atomic mass is 10.2. The molecule has 0 radical (unpaired) electrons. The minimum absolute atomic E-state index is 0.779. The lowest BCUT2D eigenvalue weighted by Crippen LogP contribution is -2.03. The average molecular weight is 281 g/mol. The molecular formula is C12H13BrN2O. The molecule has 0 unspecified atom stereocenters. The average Bonchev–Trinajstić information content (AvgIpc) is 2.65. The highest BCUT2D eigenvalue weighted by atomic mass is 79.9. The van der Waals surface area contributed by atoms with Crippen molar-refractivity contribution >= 4 is 15.9 Å². The fourth-order valence-electron chi connectivity index (χ4n) is 1.55. The summed E-state index contributed by atoms with van der Waals surface area (Å²) in [7, 11) is 1.66. The van der Waals surface area contributed by atoms with Crippen LogP contribution in [-0.4, -0.2) is 16.9 Å². The number of aryl methyl sites for hydroxylation is 1. The van der Waals surface area contributed by atoms with Crippen molar-refractivity contribution in [2.75, 3.05) is 7.11 Å². The van der Waals surface area contributed by atoms with Gasteiger partial charge in [0.1, 0.15) is 5.75 Å². The van der Waals surface area contributed by atoms with E-state index in [4.69, 9.17) is 4.74 Å². The molecular weight excluding hydrogens is 268 g/mol. The SMILES string of the molecule is COc1ccc(Cn2nccc2C)cc1Br. The number of aromatic nitrogens is 2. The first-order valence-electron chi connectivity index (χ1n) is 5.01. The molecule has 84 valence electrons. The van der Waals surface area contributed by atoms with E-state index >= 15 is 0 Å². The maximum Gasteiger partial charge on any atom is 0.133 e. The lowest BCUT2D eigenvalue weighted by molar-refractivity contribution is 0.412. The summed E-state index contributed by atoms with van der Waals surface area (Å²) in [5.41, 5.74) is 2.35. The van der Waals surface area contributed by atoms with Gasteiger partial charge in [-0.25, -0.2) is 0 Å². The Kier molecular flexibility index (Phi) is 3.29. The minimum Gasteiger partial charge on any atom is -0.496 e. The molecule has 3 nitrogen and oxygen atoms in total. The summed E-state index contributed by atoms with van der Waals surface area (Å²) >= 11 is 3.48. The van der Waals surface area contributed by atoms with Gasteiger partial charge in [-0.15, -0.1) is 0 Å². The van der Waals surface area contributed by atoms with Crippen molar-refractivity contribution in [2.45, 2.75) is 13.5 Å². The maximum absolute atomic E-state index is 5.19. The first-order chi connectivity index (χ1) is 7.70. The molecule has 0 N–H and O–H groups in total. The van der Waals surface area contributed by atoms with Crippen LogP contribution in [0.3, 0.4) is 0 Å². The first-order valence-corrected chi connectivity index (χ1v) is 5.81. The Morgan fingerprint density at radius 2 is 2.19 bits per heavy atom. The number of hydrogen-bond acceptors (Lipinski definition) is 2. The number of methoxy groups -OCH3 is 1. The number of halogens is 1. The highest BCUT2D eigenvalue weighted by molar-refractivity contribution is 9.10. The molecule has 0 saturated heterocycles. The summed E-state index contributed by atoms with van der Waals surface area (Å²) in [4.78, 5) is 0. The molecule has 0 aliphatic rings. The van der Waals surface area contributed by atoms with Crippen LogP contribution >= 0.6 is 15.9 Å². The molecule has 4 heteroatoms. The second kappa shape index (κ2) is 4.70. The fraction of sp³-hybridized carbons (Fsp3) is 0.250. The highest BCUT2D eigenvalue weighted by Gasteiger charge is 2.03. The molecule has 0 amide bonds. The van der Waals surface area contributed by atoms with Gasteiger partial charge in [0.25, 0.3) is 0 Å². The molecule has 16 heavy (non-hydrogen) atoms. The molecule has 1 aromatic carbocycles. The predicted octanol–water partition coefficient (Wildman–Crippen LogP) is 3.01. The van der Waals surface area contributed by atoms with E-state index < -0.39 is 0 Å². The van der Waals surface area contributed by atoms with Crippen LogP contribution in [0.2, 0.25) is 0 Å². The van der Waals surface area contributed by atoms with Crippen LogP contribution in [0.15, 0.2) is 34.9 Å². The van der Waals surface area contributed by atoms with Crippen molar-refractivity contribution in [1.82, 2.24) is 9.78 Å². The second-order valence-corrected chi connectivity index (χ2v) is 4.45. The largest absolute Gasteiger partial charge is 0.496 e. The third-order valence-electron chi connectivity index (χ3n) is 2.48. The van der Waals surface area contributed by atoms with Gasteiger partial charge in [-0.1, -0.05) is 6.07 Å². The van der Waals surface area contributed by atoms with Crippen molar-refractivity contribution in [1.29, 1.82) is 0 Å². The minimum atomic E-state index is 0.779. The molecule has 0 aliphatic heterocycles. The van der Waals surface area contributed by atoms with Crippen molar-refractivity contribution in [3.05, 3.63) is 46.2 Å². The molecule has 0 aliphatic carbocycles. The quantitative estimate of drug-likeness (QED) is 0.864. The predicted molar refractivity (Wildman–Crippen MR) is 66.8 cm³/mol. The summed E-state index contributed by atoms with van der Waals surface area (Å²) in [6.45, 7) is 2.83. The third kappa shape index (κ3) is 2.27. The number of hydrogen-bond donors (Lipinski definition) is 0. The van der Waals surface area contributed by atoms with E-state index in [1.165, 1.54) is 5.56 Å². The van der Waals surface area contributed by atoms with Crippen molar-refractivity contribution in [2.24, 2.45) is 0 Å². The van der Waals surface area contributed by atoms with Crippen LogP contribution in [0.5, 0.6) is 5.75 Å². The van der Waals surface area contributed by atoms with Crippen LogP contribution in [0.25, 0.3) is 0 Å². The summed E-state index contributed by atoms with van der Waals surface area (Å²) in [6.07, 6.45) is 1.81. The smallest absolute Gasteiger partial charge is 0.133 e. The molecule has 1 aromatic heterocycles. The molecule has 1 heterocycles. The van der Waals surface area contributed by atoms with E-state index in [1.807, 2.05) is 36.0 Å². The van der Waals surface area contributed by atoms with E-state index in [-0.39, 0.29) is 0 Å². The van der Waals surface area contributed by atoms with E-state index in [9.17, 15) is 0 Å². The number of ether oxygens (including phenoxy) is 1. The van der Waals surface area contributed by atoms with E-state index in [1.54, 1.807) is 7.11 Å². The van der Waals surface area contributed by atoms with Crippen LogP contribution in [0, 0.1) is 6.92 Å². The summed E-state index contributed by atoms with van der Waals surface area (Å²) in [6, 6.07) is 8.06. The van der Waals surface area contributed by atoms with Gasteiger partial charge >= 0.3 is 0 Å². The first kappa shape index (κ1) is 11.2. The maximum atomic E-state index is 5.19. The number of benzene rings is 1. The van der Waals surface area contributed by atoms with Crippen molar-refractivity contribution in [3.63, 3.8) is 0 Å². The molecule has 0 spiro atoms. The fourth-order valence-corrected chi connectivity index (χ4v) is 2.13. The van der Waals surface area contributed by atoms with Gasteiger partial charge in [0.2, 0.25) is 0 Å². The standard InChI is InChI=1S/C12H13BrN2O/c1-9-5-6-14-15(9)8-10-3-4-12(16-2)11(13)7-10/h3-7H,8H2,1-2H3. The highest BCUT2D eigenvalue weighted by Crippen LogP contribution is 2.25. The zero-order chi connectivity index (χ0) is 11.5. The van der Waals surface area contributed by atoms with Gasteiger partial charge in [-0.05, 0) is 46.6 Å². The Morgan fingerprint density at radius 1 is 1.38 bits per heavy atom. The van der Waals surface area contributed by atoms with Crippen LogP contribution in [-0.2, 0) is 6.54 Å². The lowest BCUT2D eigenvalue weighted by Gasteiger charge is -2.07. The van der Waals surface area contributed by atoms with Gasteiger partial charge in [0.05, 0.1) is 18.1 Å². The molecule has 0 fully saturated rings. The Balaban J connectivity index is 2.23. The van der Waals surface area contributed by atoms with Gasteiger partial charge < -0.3 is 4.74 Å². The Bertz CT molecular complexity index is 494. The van der Waals surface area contributed by atoms with Crippen LogP contribution < -0.4 is 4.74 Å². The molecule has 0 saturated carbocycles. The Labute approximate surface area is 103 Å². The topological polar surface area (TPSA) is 27.1 Å². The molecule has 0 atom stereocenters. The van der Waals surface area contributed by atoms with E-state index in [0.717, 1.165) is 22.5 Å². The third-order valence-corrected chi connectivity index (χ3v) is 3.10. The van der Waals surface area contributed by atoms with Gasteiger partial charge in [0, 0.05) is 11.9 Å². The van der Waals surface area contributed by atoms with Crippen molar-refractivity contribution in [3.8, 4) is 5.75 Å². The summed E-state index contributed by atoms with van der Waals surface area (Å²) in [5, 5.41) is 4.25. The molecule has 2 aromatic rings. The normalized spacial score (nSPS) is 10.4. The molecule has 2 rings (SSSR count). The van der Waals surface area contributed by atoms with E-state index in [2.05, 4.69) is 27.1 Å².